The van der Waals surface area contributed by atoms with Crippen molar-refractivity contribution in [3.8, 4) is 0 Å². The van der Waals surface area contributed by atoms with Gasteiger partial charge >= 0.3 is 36.4 Å². The van der Waals surface area contributed by atoms with E-state index in [1.165, 1.54) is 36.4 Å². The summed E-state index contributed by atoms with van der Waals surface area (Å²) in [6.07, 6.45) is -2.30. The van der Waals surface area contributed by atoms with Crippen LogP contribution in [-0.2, 0) is 62.8 Å². The van der Waals surface area contributed by atoms with Crippen molar-refractivity contribution in [2.75, 3.05) is 0 Å². The molecule has 0 spiro atoms. The van der Waals surface area contributed by atoms with Crippen molar-refractivity contribution < 1.29 is 72.3 Å². The Hall–Kier alpha value is -7.03. The van der Waals surface area contributed by atoms with Gasteiger partial charge in [-0.3, -0.25) is 0 Å². The quantitative estimate of drug-likeness (QED) is 0.0289. The molecule has 0 fully saturated rings. The van der Waals surface area contributed by atoms with E-state index in [0.717, 1.165) is 36.0 Å². The third-order valence-electron chi connectivity index (χ3n) is 10.5. The van der Waals surface area contributed by atoms with Gasteiger partial charge in [-0.05, 0) is 91.1 Å². The van der Waals surface area contributed by atoms with E-state index in [9.17, 15) is 28.8 Å². The molecule has 350 valence electrons. The van der Waals surface area contributed by atoms with E-state index in [4.69, 9.17) is 43.5 Å². The Morgan fingerprint density at radius 2 is 0.697 bits per heavy atom. The molecule has 0 saturated heterocycles. The van der Waals surface area contributed by atoms with E-state index in [2.05, 4.69) is 39.5 Å². The lowest BCUT2D eigenvalue weighted by Crippen LogP contribution is -2.47. The molecule has 3 unspecified atom stereocenters. The third kappa shape index (κ3) is 16.5. The molecular weight excluding hydrogens is 901 g/mol. The fourth-order valence-electron chi connectivity index (χ4n) is 6.59. The van der Waals surface area contributed by atoms with Crippen LogP contribution in [0.3, 0.4) is 0 Å². The van der Waals surface area contributed by atoms with Gasteiger partial charge in [-0.1, -0.05) is 91.4 Å². The second-order valence-electron chi connectivity index (χ2n) is 14.5. The maximum atomic E-state index is 13.4. The molecule has 0 aliphatic carbocycles. The van der Waals surface area contributed by atoms with Gasteiger partial charge in [0.15, 0.2) is 0 Å². The van der Waals surface area contributed by atoms with Crippen LogP contribution >= 0.6 is 0 Å². The number of ether oxygens (including phenoxy) is 3. The minimum absolute atomic E-state index is 0.104. The van der Waals surface area contributed by atoms with Crippen molar-refractivity contribution in [2.45, 2.75) is 70.1 Å². The van der Waals surface area contributed by atoms with Gasteiger partial charge in [0.25, 0.3) is 0 Å². The first-order valence-electron chi connectivity index (χ1n) is 21.1. The van der Waals surface area contributed by atoms with E-state index >= 15 is 0 Å². The first kappa shape index (κ1) is 53.3. The number of carbonyl (C=O) groups is 6. The van der Waals surface area contributed by atoms with E-state index in [-0.39, 0.29) is 29.5 Å². The van der Waals surface area contributed by atoms with Gasteiger partial charge in [-0.2, -0.15) is 14.4 Å². The van der Waals surface area contributed by atoms with Crippen molar-refractivity contribution in [3.05, 3.63) is 180 Å². The summed E-state index contributed by atoms with van der Waals surface area (Å²) >= 11 is 0. The van der Waals surface area contributed by atoms with Crippen LogP contribution in [0.1, 0.15) is 81.4 Å². The van der Waals surface area contributed by atoms with Crippen molar-refractivity contribution in [3.63, 3.8) is 0 Å². The minimum Gasteiger partial charge on any atom is -0.432 e. The molecule has 3 aromatic carbocycles. The summed E-state index contributed by atoms with van der Waals surface area (Å²) in [5.74, 6) is -3.84. The molecule has 0 heterocycles. The lowest BCUT2D eigenvalue weighted by molar-refractivity contribution is -0.209. The fourth-order valence-corrected chi connectivity index (χ4v) is 12.0. The molecule has 3 atom stereocenters. The van der Waals surface area contributed by atoms with Crippen LogP contribution in [0.15, 0.2) is 146 Å². The molecule has 0 saturated carbocycles. The van der Waals surface area contributed by atoms with E-state index in [1.54, 1.807) is 70.6 Å². The van der Waals surface area contributed by atoms with E-state index in [1.807, 2.05) is 20.8 Å². The number of benzene rings is 3. The van der Waals surface area contributed by atoms with Gasteiger partial charge in [0, 0.05) is 0 Å². The average molecular weight is 957 g/mol. The second-order valence-corrected chi connectivity index (χ2v) is 23.0. The van der Waals surface area contributed by atoms with E-state index < -0.39 is 85.9 Å². The highest BCUT2D eigenvalue weighted by Gasteiger charge is 2.40. The summed E-state index contributed by atoms with van der Waals surface area (Å²) in [5, 5.41) is 0. The molecule has 0 radical (unpaired) electrons. The van der Waals surface area contributed by atoms with Gasteiger partial charge in [0.05, 0.1) is 28.1 Å². The summed E-state index contributed by atoms with van der Waals surface area (Å²) in [5.41, 5.74) is 9.26. The maximum Gasteiger partial charge on any atom is 0.549 e. The Kier molecular flexibility index (Phi) is 22.6. The topological polar surface area (TPSA) is 185 Å². The van der Waals surface area contributed by atoms with Crippen LogP contribution in [0.25, 0.3) is 0 Å². The van der Waals surface area contributed by atoms with Crippen LogP contribution in [-0.4, -0.2) is 79.9 Å². The molecule has 0 bridgehead atoms. The Bertz CT molecular complexity index is 2050. The molecule has 15 nitrogen and oxygen atoms in total. The smallest absolute Gasteiger partial charge is 0.432 e. The average Bonchev–Trinajstić information content (AvgIpc) is 3.34. The highest BCUT2D eigenvalue weighted by molar-refractivity contribution is 6.72. The zero-order valence-electron chi connectivity index (χ0n) is 37.3. The number of aryl methyl sites for hydroxylation is 3. The SMILES string of the molecule is C=C[SiH](C=C)C(CC(CC(OC(=O)OOC(=O)c1ccc(CC)cc1)[SiH](C=C)C=C)C(OC(=O)OOC(=O)c1ccc(CC)cc1)[SiH](C=C)C=C)OC(=O)OOC(=O)c1ccc(CC)cc1. The Labute approximate surface area is 389 Å². The summed E-state index contributed by atoms with van der Waals surface area (Å²) < 4.78 is 17.5. The zero-order valence-corrected chi connectivity index (χ0v) is 40.8. The number of carbonyl (C=O) groups excluding carboxylic acids is 6. The molecule has 0 N–H and O–H groups in total. The summed E-state index contributed by atoms with van der Waals surface area (Å²) in [7, 11) is -7.72. The highest BCUT2D eigenvalue weighted by Crippen LogP contribution is 2.29. The van der Waals surface area contributed by atoms with Crippen LogP contribution in [0.2, 0.25) is 0 Å². The largest absolute Gasteiger partial charge is 0.549 e. The first-order valence-corrected chi connectivity index (χ1v) is 27.1. The Morgan fingerprint density at radius 3 is 0.955 bits per heavy atom. The monoisotopic (exact) mass is 956 g/mol. The minimum atomic E-state index is -2.65. The summed E-state index contributed by atoms with van der Waals surface area (Å²) in [6.45, 7) is 29.3. The molecule has 0 aliphatic rings. The van der Waals surface area contributed by atoms with Crippen molar-refractivity contribution in [2.24, 2.45) is 5.92 Å². The van der Waals surface area contributed by atoms with Crippen LogP contribution in [0.4, 0.5) is 14.4 Å². The third-order valence-corrected chi connectivity index (χ3v) is 17.7. The van der Waals surface area contributed by atoms with Gasteiger partial charge < -0.3 is 14.2 Å². The summed E-state index contributed by atoms with van der Waals surface area (Å²) in [6, 6.07) is 19.4. The molecule has 0 aliphatic heterocycles. The van der Waals surface area contributed by atoms with Crippen molar-refractivity contribution >= 4 is 62.8 Å². The number of rotatable bonds is 23. The zero-order chi connectivity index (χ0) is 48.6. The number of hydrogen-bond donors (Lipinski definition) is 0. The predicted molar refractivity (Wildman–Crippen MR) is 253 cm³/mol. The maximum absolute atomic E-state index is 13.4. The molecule has 3 rings (SSSR count). The number of hydrogen-bond acceptors (Lipinski definition) is 15. The summed E-state index contributed by atoms with van der Waals surface area (Å²) in [4.78, 5) is 107. The standard InChI is InChI=1S/C48H56O15Si3/c1-10-33-19-25-36(26-20-33)42(49)58-61-46(52)55-40(64(13-4)14-5)31-39(45(66(17-8)18-9)57-48(54)63-60-44(51)38-29-23-35(12-3)24-30-38)32-41(65(15-6)16-7)56-47(53)62-59-43(50)37-27-21-34(11-2)22-28-37/h13-30,39-41,45,64-66H,4-12,31-32H2,1-3H3. The molecule has 66 heavy (non-hydrogen) atoms. The molecule has 18 heteroatoms. The van der Waals surface area contributed by atoms with Crippen LogP contribution < -0.4 is 0 Å². The fraction of sp³-hybridized carbons (Fsp3) is 0.250. The first-order chi connectivity index (χ1) is 31.8. The van der Waals surface area contributed by atoms with Crippen molar-refractivity contribution in [1.29, 1.82) is 0 Å². The Balaban J connectivity index is 1.98. The lowest BCUT2D eigenvalue weighted by Gasteiger charge is -2.35. The molecular formula is C48H56O15Si3. The second kappa shape index (κ2) is 28.0. The Morgan fingerprint density at radius 1 is 0.424 bits per heavy atom. The molecule has 3 aromatic rings. The van der Waals surface area contributed by atoms with Gasteiger partial charge in [-0.25, -0.2) is 43.7 Å². The lowest BCUT2D eigenvalue weighted by atomic mass is 10.0. The van der Waals surface area contributed by atoms with Crippen molar-refractivity contribution in [1.82, 2.24) is 0 Å². The van der Waals surface area contributed by atoms with Gasteiger partial charge in [0.1, 0.15) is 32.1 Å². The van der Waals surface area contributed by atoms with Crippen LogP contribution in [0, 0.1) is 5.92 Å². The van der Waals surface area contributed by atoms with E-state index in [0.29, 0.717) is 0 Å². The highest BCUT2D eigenvalue weighted by atomic mass is 28.3. The van der Waals surface area contributed by atoms with Crippen LogP contribution in [0.5, 0.6) is 0 Å². The predicted octanol–water partition coefficient (Wildman–Crippen LogP) is 8.60. The van der Waals surface area contributed by atoms with Gasteiger partial charge in [-0.15, -0.1) is 39.5 Å². The molecule has 0 amide bonds. The van der Waals surface area contributed by atoms with Gasteiger partial charge in [0.2, 0.25) is 0 Å². The molecule has 0 aromatic heterocycles. The normalized spacial score (nSPS) is 12.5.